The summed E-state index contributed by atoms with van der Waals surface area (Å²) in [7, 11) is 0. The van der Waals surface area contributed by atoms with E-state index < -0.39 is 12.1 Å². The normalized spacial score (nSPS) is 13.3. The molecule has 0 N–H and O–H groups in total. The zero-order chi connectivity index (χ0) is 51.4. The summed E-state index contributed by atoms with van der Waals surface area (Å²) in [5, 5.41) is 0. The van der Waals surface area contributed by atoms with Crippen LogP contribution in [-0.2, 0) is 28.6 Å². The first kappa shape index (κ1) is 66.0. The number of carbonyl (C=O) groups is 3. The molecule has 6 nitrogen and oxygen atoms in total. The highest BCUT2D eigenvalue weighted by atomic mass is 16.6. The molecular weight excluding hydrogens is 877 g/mol. The smallest absolute Gasteiger partial charge is 0.306 e. The van der Waals surface area contributed by atoms with Crippen molar-refractivity contribution in [1.82, 2.24) is 0 Å². The Labute approximate surface area is 435 Å². The van der Waals surface area contributed by atoms with Gasteiger partial charge in [0.15, 0.2) is 6.10 Å². The third-order valence-corrected chi connectivity index (χ3v) is 11.0. The highest BCUT2D eigenvalue weighted by Gasteiger charge is 2.19. The van der Waals surface area contributed by atoms with Gasteiger partial charge in [-0.15, -0.1) is 0 Å². The lowest BCUT2D eigenvalue weighted by molar-refractivity contribution is -0.166. The van der Waals surface area contributed by atoms with Crippen LogP contribution in [0.2, 0.25) is 0 Å². The van der Waals surface area contributed by atoms with Crippen molar-refractivity contribution in [2.24, 2.45) is 0 Å². The quantitative estimate of drug-likeness (QED) is 0.0262. The van der Waals surface area contributed by atoms with Crippen LogP contribution in [0.1, 0.15) is 213 Å². The van der Waals surface area contributed by atoms with Crippen LogP contribution in [0.4, 0.5) is 0 Å². The first-order valence-corrected chi connectivity index (χ1v) is 28.0. The Kier molecular flexibility index (Phi) is 53.6. The van der Waals surface area contributed by atoms with E-state index in [4.69, 9.17) is 14.2 Å². The molecule has 0 saturated heterocycles. The van der Waals surface area contributed by atoms with E-state index in [9.17, 15) is 14.4 Å². The Morgan fingerprint density at radius 1 is 0.296 bits per heavy atom. The Bertz CT molecular complexity index is 1640. The van der Waals surface area contributed by atoms with Crippen molar-refractivity contribution in [3.63, 3.8) is 0 Å². The molecule has 0 rings (SSSR count). The van der Waals surface area contributed by atoms with Gasteiger partial charge in [-0.05, 0) is 122 Å². The SMILES string of the molecule is CC/C=C\C/C=C\C/C=C\C/C=C\C/C=C\C/C=C\CCC(=O)OC[C@@H](COC(=O)CCCCCCC/C=C\CCCCCCCC)OC(=O)CC/C=C\C/C=C\C/C=C\C/C=C\C/C=C\C/C=C\CC. The molecule has 396 valence electrons. The number of allylic oxidation sites excluding steroid dienone is 26. The van der Waals surface area contributed by atoms with Gasteiger partial charge in [0.1, 0.15) is 13.2 Å². The van der Waals surface area contributed by atoms with Gasteiger partial charge >= 0.3 is 17.9 Å². The highest BCUT2D eigenvalue weighted by Crippen LogP contribution is 2.12. The standard InChI is InChI=1S/C65H100O6/c1-4-7-10-13-16-19-22-25-28-30-32-34-37-40-43-46-49-52-55-58-64(67)70-61-62(60-69-63(66)57-54-51-48-45-42-39-36-27-24-21-18-15-12-9-6-3)71-65(68)59-56-53-50-47-44-41-38-35-33-31-29-26-23-20-17-14-11-8-5-2/h7-8,10-11,16-17,19-20,25-29,32-36,40-41,43-44,49-50,52-53,62H,4-6,9,12-15,18,21-24,30-31,37-39,42,45-48,51,54-61H2,1-3H3/b10-7-,11-8-,19-16-,20-17-,28-25-,29-26-,34-32-,35-33-,36-27-,43-40-,44-41-,52-49-,53-50-/t62-/m1/s1. The molecule has 0 spiro atoms. The molecule has 0 heterocycles. The third-order valence-electron chi connectivity index (χ3n) is 11.0. The second-order valence-electron chi connectivity index (χ2n) is 17.7. The van der Waals surface area contributed by atoms with Gasteiger partial charge in [-0.2, -0.15) is 0 Å². The number of ether oxygens (including phenoxy) is 3. The molecule has 0 bridgehead atoms. The molecule has 0 aliphatic carbocycles. The molecule has 0 aromatic rings. The van der Waals surface area contributed by atoms with E-state index in [1.165, 1.54) is 51.4 Å². The number of rotatable bonds is 48. The number of esters is 3. The molecule has 0 aliphatic rings. The summed E-state index contributed by atoms with van der Waals surface area (Å²) >= 11 is 0. The zero-order valence-corrected chi connectivity index (χ0v) is 45.2. The lowest BCUT2D eigenvalue weighted by Crippen LogP contribution is -2.30. The average Bonchev–Trinajstić information content (AvgIpc) is 3.37. The van der Waals surface area contributed by atoms with E-state index in [-0.39, 0.29) is 38.0 Å². The summed E-state index contributed by atoms with van der Waals surface area (Å²) < 4.78 is 16.7. The van der Waals surface area contributed by atoms with E-state index in [1.54, 1.807) is 0 Å². The van der Waals surface area contributed by atoms with Gasteiger partial charge in [-0.1, -0.05) is 230 Å². The topological polar surface area (TPSA) is 78.9 Å². The van der Waals surface area contributed by atoms with E-state index in [0.717, 1.165) is 109 Å². The molecule has 0 aromatic heterocycles. The predicted octanol–water partition coefficient (Wildman–Crippen LogP) is 19.0. The number of unbranched alkanes of at least 4 members (excludes halogenated alkanes) is 11. The minimum Gasteiger partial charge on any atom is -0.462 e. The van der Waals surface area contributed by atoms with Crippen LogP contribution in [0.25, 0.3) is 0 Å². The van der Waals surface area contributed by atoms with Crippen LogP contribution in [0.15, 0.2) is 158 Å². The Morgan fingerprint density at radius 2 is 0.577 bits per heavy atom. The molecule has 1 atom stereocenters. The van der Waals surface area contributed by atoms with Crippen molar-refractivity contribution in [2.75, 3.05) is 13.2 Å². The summed E-state index contributed by atoms with van der Waals surface area (Å²) in [6.07, 6.45) is 84.0. The van der Waals surface area contributed by atoms with E-state index >= 15 is 0 Å². The van der Waals surface area contributed by atoms with E-state index in [1.807, 2.05) is 24.3 Å². The number of carbonyl (C=O) groups excluding carboxylic acids is 3. The lowest BCUT2D eigenvalue weighted by atomic mass is 10.1. The molecular formula is C65H100O6. The third kappa shape index (κ3) is 55.8. The van der Waals surface area contributed by atoms with Gasteiger partial charge in [0, 0.05) is 19.3 Å². The van der Waals surface area contributed by atoms with Crippen molar-refractivity contribution in [3.05, 3.63) is 158 Å². The molecule has 0 amide bonds. The molecule has 6 heteroatoms. The van der Waals surface area contributed by atoms with Crippen LogP contribution < -0.4 is 0 Å². The van der Waals surface area contributed by atoms with Gasteiger partial charge in [0.25, 0.3) is 0 Å². The number of hydrogen-bond acceptors (Lipinski definition) is 6. The van der Waals surface area contributed by atoms with Crippen molar-refractivity contribution in [1.29, 1.82) is 0 Å². The molecule has 0 fully saturated rings. The summed E-state index contributed by atoms with van der Waals surface area (Å²) in [4.78, 5) is 38.1. The van der Waals surface area contributed by atoms with Gasteiger partial charge < -0.3 is 14.2 Å². The second-order valence-corrected chi connectivity index (χ2v) is 17.7. The maximum absolute atomic E-state index is 12.8. The highest BCUT2D eigenvalue weighted by molar-refractivity contribution is 5.71. The fourth-order valence-corrected chi connectivity index (χ4v) is 6.90. The first-order valence-electron chi connectivity index (χ1n) is 28.0. The summed E-state index contributed by atoms with van der Waals surface area (Å²) in [6.45, 7) is 6.25. The maximum atomic E-state index is 12.8. The molecule has 71 heavy (non-hydrogen) atoms. The van der Waals surface area contributed by atoms with Crippen molar-refractivity contribution < 1.29 is 28.6 Å². The summed E-state index contributed by atoms with van der Waals surface area (Å²) in [5.74, 6) is -1.13. The van der Waals surface area contributed by atoms with E-state index in [0.29, 0.717) is 19.3 Å². The Hall–Kier alpha value is -4.97. The molecule has 0 saturated carbocycles. The van der Waals surface area contributed by atoms with Crippen molar-refractivity contribution in [2.45, 2.75) is 219 Å². The van der Waals surface area contributed by atoms with E-state index in [2.05, 4.69) is 154 Å². The van der Waals surface area contributed by atoms with Gasteiger partial charge in [0.05, 0.1) is 0 Å². The van der Waals surface area contributed by atoms with Crippen LogP contribution in [0.3, 0.4) is 0 Å². The Balaban J connectivity index is 4.66. The average molecular weight is 978 g/mol. The van der Waals surface area contributed by atoms with Crippen LogP contribution >= 0.6 is 0 Å². The second kappa shape index (κ2) is 57.6. The fraction of sp³-hybridized carbons (Fsp3) is 0.554. The maximum Gasteiger partial charge on any atom is 0.306 e. The van der Waals surface area contributed by atoms with Crippen molar-refractivity contribution >= 4 is 17.9 Å². The minimum atomic E-state index is -0.860. The first-order chi connectivity index (χ1) is 35.0. The predicted molar refractivity (Wildman–Crippen MR) is 306 cm³/mol. The van der Waals surface area contributed by atoms with Crippen molar-refractivity contribution in [3.8, 4) is 0 Å². The monoisotopic (exact) mass is 977 g/mol. The van der Waals surface area contributed by atoms with Gasteiger partial charge in [0.2, 0.25) is 0 Å². The van der Waals surface area contributed by atoms with Gasteiger partial charge in [-0.3, -0.25) is 14.4 Å². The van der Waals surface area contributed by atoms with Crippen LogP contribution in [0.5, 0.6) is 0 Å². The van der Waals surface area contributed by atoms with Gasteiger partial charge in [-0.25, -0.2) is 0 Å². The van der Waals surface area contributed by atoms with Crippen LogP contribution in [0, 0.1) is 0 Å². The Morgan fingerprint density at radius 3 is 0.944 bits per heavy atom. The minimum absolute atomic E-state index is 0.143. The largest absolute Gasteiger partial charge is 0.462 e. The molecule has 0 unspecified atom stereocenters. The van der Waals surface area contributed by atoms with Crippen LogP contribution in [-0.4, -0.2) is 37.2 Å². The summed E-state index contributed by atoms with van der Waals surface area (Å²) in [5.41, 5.74) is 0. The number of hydrogen-bond donors (Lipinski definition) is 0. The molecule has 0 aromatic carbocycles. The zero-order valence-electron chi connectivity index (χ0n) is 45.2. The fourth-order valence-electron chi connectivity index (χ4n) is 6.90. The molecule has 0 aliphatic heterocycles. The lowest BCUT2D eigenvalue weighted by Gasteiger charge is -2.18. The summed E-state index contributed by atoms with van der Waals surface area (Å²) in [6, 6.07) is 0. The molecule has 0 radical (unpaired) electrons.